The molecule has 0 N–H and O–H groups in total. The van der Waals surface area contributed by atoms with Crippen molar-refractivity contribution in [3.05, 3.63) is 0 Å². The van der Waals surface area contributed by atoms with Gasteiger partial charge < -0.3 is 27.4 Å². The molecule has 5 nitrogen and oxygen atoms in total. The molecule has 0 aromatic rings. The van der Waals surface area contributed by atoms with E-state index in [1.54, 1.807) is 0 Å². The fourth-order valence-corrected chi connectivity index (χ4v) is 0. The predicted octanol–water partition coefficient (Wildman–Crippen LogP) is -0.599. The first-order chi connectivity index (χ1) is 0. The summed E-state index contributed by atoms with van der Waals surface area (Å²) in [5, 5.41) is 0. The zero-order valence-electron chi connectivity index (χ0n) is 3.34. The van der Waals surface area contributed by atoms with Gasteiger partial charge >= 0.3 is 110 Å². The summed E-state index contributed by atoms with van der Waals surface area (Å²) >= 11 is 0. The van der Waals surface area contributed by atoms with Gasteiger partial charge in [-0.25, -0.2) is 0 Å². The summed E-state index contributed by atoms with van der Waals surface area (Å²) in [5.74, 6) is 0. The first kappa shape index (κ1) is 141. The molecular weight excluding hydrogens is 515 g/mol. The predicted molar refractivity (Wildman–Crippen MR) is 3.43 cm³/mol. The Kier molecular flexibility index (Phi) is 1700. The molecule has 0 saturated carbocycles. The smallest absolute Gasteiger partial charge is 2.00 e. The number of rotatable bonds is 0. The van der Waals surface area contributed by atoms with Crippen LogP contribution in [-0.2, 0) is 60.4 Å². The number of hydrogen-bond acceptors (Lipinski definition) is 0. The van der Waals surface area contributed by atoms with Gasteiger partial charge in [0.2, 0.25) is 0 Å². The summed E-state index contributed by atoms with van der Waals surface area (Å²) in [6, 6.07) is 0. The quantitative estimate of drug-likeness (QED) is 0.380. The van der Waals surface area contributed by atoms with Gasteiger partial charge in [0.15, 0.2) is 0 Å². The molecule has 0 aliphatic carbocycles. The third kappa shape index (κ3) is 88.2. The first-order valence-corrected chi connectivity index (χ1v) is 0. The Hall–Kier alpha value is 3.36. The van der Waals surface area contributed by atoms with Gasteiger partial charge in [-0.1, -0.05) is 0 Å². The Balaban J connectivity index is 0. The molecule has 0 atom stereocenters. The molecule has 0 fully saturated rings. The van der Waals surface area contributed by atoms with E-state index < -0.39 is 0 Å². The average molecular weight is 515 g/mol. The van der Waals surface area contributed by atoms with Crippen LogP contribution in [0.5, 0.6) is 0 Å². The van der Waals surface area contributed by atoms with E-state index in [1.807, 2.05) is 0 Å². The van der Waals surface area contributed by atoms with Crippen LogP contribution in [0.3, 0.4) is 0 Å². The van der Waals surface area contributed by atoms with E-state index in [0.717, 1.165) is 0 Å². The monoisotopic (exact) mass is 514 g/mol. The molecule has 0 amide bonds. The van der Waals surface area contributed by atoms with Crippen molar-refractivity contribution in [1.29, 1.82) is 0 Å². The second-order valence-electron chi connectivity index (χ2n) is 0. The summed E-state index contributed by atoms with van der Waals surface area (Å²) in [6.45, 7) is 0. The van der Waals surface area contributed by atoms with Crippen LogP contribution < -0.4 is 0 Å². The van der Waals surface area contributed by atoms with Gasteiger partial charge in [-0.3, -0.25) is 0 Å². The largest absolute Gasteiger partial charge is 3.00 e. The molecule has 0 unspecified atom stereocenters. The number of hydrogen-bond donors (Lipinski definition) is 0. The molecule has 0 heterocycles. The van der Waals surface area contributed by atoms with Crippen molar-refractivity contribution in [2.24, 2.45) is 0 Å². The third-order valence-electron chi connectivity index (χ3n) is 0. The molecule has 0 radical (unpaired) electrons. The maximum Gasteiger partial charge on any atom is 3.00 e. The minimum atomic E-state index is 0. The van der Waals surface area contributed by atoms with Crippen LogP contribution in [0.25, 0.3) is 0 Å². The van der Waals surface area contributed by atoms with Gasteiger partial charge in [-0.05, 0) is 0 Å². The molecule has 0 saturated heterocycles. The van der Waals surface area contributed by atoms with Crippen LogP contribution in [0.2, 0.25) is 0 Å². The van der Waals surface area contributed by atoms with Gasteiger partial charge in [0.25, 0.3) is 0 Å². The van der Waals surface area contributed by atoms with Crippen molar-refractivity contribution in [1.82, 2.24) is 0 Å². The molecule has 0 spiro atoms. The molecule has 0 rings (SSSR count). The maximum atomic E-state index is 0. The second kappa shape index (κ2) is 108. The van der Waals surface area contributed by atoms with Crippen LogP contribution in [0.4, 0.5) is 0 Å². The van der Waals surface area contributed by atoms with Crippen LogP contribution in [-0.4, -0.2) is 0 Å². The maximum absolute atomic E-state index is 0. The standard InChI is InChI=1S/2Ni.5O.2Tb/q2*+2;5*-2;2*+3. The molecule has 0 aromatic heterocycles. The van der Waals surface area contributed by atoms with E-state index in [4.69, 9.17) is 0 Å². The van der Waals surface area contributed by atoms with E-state index in [1.165, 1.54) is 0 Å². The van der Waals surface area contributed by atoms with Crippen molar-refractivity contribution < 1.29 is 138 Å². The minimum Gasteiger partial charge on any atom is -2.00 e. The van der Waals surface area contributed by atoms with Crippen LogP contribution in [0.1, 0.15) is 0 Å². The fraction of sp³-hybridized carbons (Fsp3) is 0. The van der Waals surface area contributed by atoms with Crippen LogP contribution in [0, 0.1) is 77.2 Å². The van der Waals surface area contributed by atoms with Crippen molar-refractivity contribution >= 4 is 0 Å². The van der Waals surface area contributed by atoms with Crippen LogP contribution in [0.15, 0.2) is 0 Å². The Morgan fingerprint density at radius 3 is 0.333 bits per heavy atom. The summed E-state index contributed by atoms with van der Waals surface area (Å²) < 4.78 is 0. The zero-order valence-corrected chi connectivity index (χ0v) is 9.59. The summed E-state index contributed by atoms with van der Waals surface area (Å²) in [6.07, 6.45) is 0. The van der Waals surface area contributed by atoms with Gasteiger partial charge in [-0.2, -0.15) is 0 Å². The average Bonchev–Trinajstić information content (AvgIpc) is 0. The third-order valence-corrected chi connectivity index (χ3v) is 0. The van der Waals surface area contributed by atoms with E-state index in [-0.39, 0.29) is 138 Å². The Morgan fingerprint density at radius 1 is 0.333 bits per heavy atom. The van der Waals surface area contributed by atoms with E-state index in [0.29, 0.717) is 0 Å². The molecule has 0 aliphatic heterocycles. The Labute approximate surface area is 135 Å². The SMILES string of the molecule is [Ni+2].[Ni+2].[O-2].[O-2].[O-2].[O-2].[O-2].[Tb+3].[Tb+3]. The molecule has 0 bridgehead atoms. The molecule has 9 heteroatoms. The molecule has 68 valence electrons. The van der Waals surface area contributed by atoms with E-state index in [2.05, 4.69) is 0 Å². The molecule has 0 aliphatic rings. The van der Waals surface area contributed by atoms with E-state index >= 15 is 0 Å². The van der Waals surface area contributed by atoms with Crippen molar-refractivity contribution in [2.45, 2.75) is 0 Å². The fourth-order valence-electron chi connectivity index (χ4n) is 0. The zero-order chi connectivity index (χ0) is 0. The normalized spacial score (nSPS) is 0. The Morgan fingerprint density at radius 2 is 0.333 bits per heavy atom. The topological polar surface area (TPSA) is 142 Å². The van der Waals surface area contributed by atoms with Gasteiger partial charge in [-0.15, -0.1) is 0 Å². The molecule has 9 heavy (non-hydrogen) atoms. The van der Waals surface area contributed by atoms with E-state index in [9.17, 15) is 0 Å². The minimum absolute atomic E-state index is 0. The van der Waals surface area contributed by atoms with Crippen LogP contribution >= 0.6 is 0 Å². The first-order valence-electron chi connectivity index (χ1n) is 0. The molecular formula is Ni2O5Tb2. The van der Waals surface area contributed by atoms with Gasteiger partial charge in [0, 0.05) is 0 Å². The summed E-state index contributed by atoms with van der Waals surface area (Å²) in [4.78, 5) is 0. The van der Waals surface area contributed by atoms with Gasteiger partial charge in [0.05, 0.1) is 0 Å². The van der Waals surface area contributed by atoms with Crippen molar-refractivity contribution in [3.8, 4) is 0 Å². The molecule has 0 aromatic carbocycles. The Bertz CT molecular complexity index is 12.9. The van der Waals surface area contributed by atoms with Crippen molar-refractivity contribution in [2.75, 3.05) is 0 Å². The summed E-state index contributed by atoms with van der Waals surface area (Å²) in [5.41, 5.74) is 0. The summed E-state index contributed by atoms with van der Waals surface area (Å²) in [7, 11) is 0. The second-order valence-corrected chi connectivity index (χ2v) is 0. The van der Waals surface area contributed by atoms with Crippen molar-refractivity contribution in [3.63, 3.8) is 0 Å². The van der Waals surface area contributed by atoms with Gasteiger partial charge in [0.1, 0.15) is 0 Å².